The van der Waals surface area contributed by atoms with Crippen LogP contribution in [-0.4, -0.2) is 24.9 Å². The summed E-state index contributed by atoms with van der Waals surface area (Å²) in [6, 6.07) is 1.92. The molecule has 0 bridgehead atoms. The summed E-state index contributed by atoms with van der Waals surface area (Å²) in [6.45, 7) is 8.71. The second kappa shape index (κ2) is 7.28. The van der Waals surface area contributed by atoms with E-state index in [4.69, 9.17) is 0 Å². The zero-order valence-electron chi connectivity index (χ0n) is 12.0. The standard InChI is InChI=1S/C14H22N2O2S/c1-5-11-10(4)8-12(19-11)14(18)16-7-6-15-13(17)9(2)3/h8-9H,5-7H2,1-4H3,(H,15,17)(H,16,18). The highest BCUT2D eigenvalue weighted by atomic mass is 32.1. The van der Waals surface area contributed by atoms with Crippen molar-refractivity contribution in [1.82, 2.24) is 10.6 Å². The van der Waals surface area contributed by atoms with Gasteiger partial charge in [-0.1, -0.05) is 20.8 Å². The van der Waals surface area contributed by atoms with Crippen LogP contribution < -0.4 is 10.6 Å². The lowest BCUT2D eigenvalue weighted by atomic mass is 10.2. The smallest absolute Gasteiger partial charge is 0.261 e. The van der Waals surface area contributed by atoms with Gasteiger partial charge in [-0.3, -0.25) is 9.59 Å². The number of carbonyl (C=O) groups excluding carboxylic acids is 2. The molecule has 1 aromatic rings. The molecule has 2 amide bonds. The number of amides is 2. The van der Waals surface area contributed by atoms with Crippen molar-refractivity contribution in [3.63, 3.8) is 0 Å². The lowest BCUT2D eigenvalue weighted by molar-refractivity contribution is -0.123. The first-order chi connectivity index (χ1) is 8.95. The Hall–Kier alpha value is -1.36. The van der Waals surface area contributed by atoms with Gasteiger partial charge in [0.2, 0.25) is 5.91 Å². The van der Waals surface area contributed by atoms with Crippen molar-refractivity contribution in [3.8, 4) is 0 Å². The van der Waals surface area contributed by atoms with E-state index in [0.29, 0.717) is 13.1 Å². The minimum absolute atomic E-state index is 0.00878. The topological polar surface area (TPSA) is 58.2 Å². The monoisotopic (exact) mass is 282 g/mol. The number of nitrogens with one attached hydrogen (secondary N) is 2. The lowest BCUT2D eigenvalue weighted by Gasteiger charge is -2.08. The van der Waals surface area contributed by atoms with Crippen molar-refractivity contribution in [2.24, 2.45) is 5.92 Å². The number of thiophene rings is 1. The molecule has 4 nitrogen and oxygen atoms in total. The van der Waals surface area contributed by atoms with Crippen molar-refractivity contribution < 1.29 is 9.59 Å². The van der Waals surface area contributed by atoms with Crippen molar-refractivity contribution in [2.75, 3.05) is 13.1 Å². The summed E-state index contributed by atoms with van der Waals surface area (Å²) < 4.78 is 0. The van der Waals surface area contributed by atoms with Crippen LogP contribution in [0.5, 0.6) is 0 Å². The number of rotatable bonds is 6. The Morgan fingerprint density at radius 1 is 1.26 bits per heavy atom. The van der Waals surface area contributed by atoms with Gasteiger partial charge in [0, 0.05) is 23.9 Å². The Morgan fingerprint density at radius 2 is 1.89 bits per heavy atom. The van der Waals surface area contributed by atoms with Crippen LogP contribution in [0.2, 0.25) is 0 Å². The Kier molecular flexibility index (Phi) is 6.02. The van der Waals surface area contributed by atoms with Gasteiger partial charge in [0.25, 0.3) is 5.91 Å². The Balaban J connectivity index is 2.37. The second-order valence-corrected chi connectivity index (χ2v) is 5.91. The van der Waals surface area contributed by atoms with Gasteiger partial charge in [0.1, 0.15) is 0 Å². The molecule has 0 spiro atoms. The van der Waals surface area contributed by atoms with Gasteiger partial charge in [-0.25, -0.2) is 0 Å². The molecule has 0 aliphatic carbocycles. The molecule has 0 radical (unpaired) electrons. The molecule has 0 atom stereocenters. The molecule has 2 N–H and O–H groups in total. The molecule has 0 saturated heterocycles. The average Bonchev–Trinajstić information content (AvgIpc) is 2.75. The normalized spacial score (nSPS) is 10.6. The van der Waals surface area contributed by atoms with Crippen LogP contribution >= 0.6 is 11.3 Å². The van der Waals surface area contributed by atoms with Crippen LogP contribution in [0.1, 0.15) is 40.9 Å². The minimum atomic E-state index is -0.0633. The van der Waals surface area contributed by atoms with E-state index in [2.05, 4.69) is 17.6 Å². The highest BCUT2D eigenvalue weighted by Crippen LogP contribution is 2.21. The Bertz CT molecular complexity index is 452. The van der Waals surface area contributed by atoms with E-state index >= 15 is 0 Å². The van der Waals surface area contributed by atoms with Crippen LogP contribution in [0.4, 0.5) is 0 Å². The zero-order chi connectivity index (χ0) is 14.4. The van der Waals surface area contributed by atoms with E-state index in [1.807, 2.05) is 26.8 Å². The molecule has 0 saturated carbocycles. The fourth-order valence-corrected chi connectivity index (χ4v) is 2.67. The Labute approximate surface area is 118 Å². The largest absolute Gasteiger partial charge is 0.354 e. The first-order valence-corrected chi connectivity index (χ1v) is 7.42. The molecule has 0 fully saturated rings. The van der Waals surface area contributed by atoms with Gasteiger partial charge in [-0.05, 0) is 25.0 Å². The summed E-state index contributed by atoms with van der Waals surface area (Å²) >= 11 is 1.54. The predicted molar refractivity (Wildman–Crippen MR) is 78.6 cm³/mol. The molecule has 1 heterocycles. The van der Waals surface area contributed by atoms with Crippen molar-refractivity contribution in [1.29, 1.82) is 0 Å². The van der Waals surface area contributed by atoms with Crippen LogP contribution in [0.15, 0.2) is 6.07 Å². The van der Waals surface area contributed by atoms with Crippen LogP contribution in [0.3, 0.4) is 0 Å². The summed E-state index contributed by atoms with van der Waals surface area (Å²) in [7, 11) is 0. The first kappa shape index (κ1) is 15.7. The molecule has 0 aromatic carbocycles. The molecular weight excluding hydrogens is 260 g/mol. The molecule has 1 rings (SSSR count). The van der Waals surface area contributed by atoms with Gasteiger partial charge in [0.05, 0.1) is 4.88 Å². The second-order valence-electron chi connectivity index (χ2n) is 4.77. The molecule has 19 heavy (non-hydrogen) atoms. The predicted octanol–water partition coefficient (Wildman–Crippen LogP) is 2.12. The average molecular weight is 282 g/mol. The maximum atomic E-state index is 11.9. The Morgan fingerprint density at radius 3 is 2.42 bits per heavy atom. The summed E-state index contributed by atoms with van der Waals surface area (Å²) in [5.41, 5.74) is 1.17. The van der Waals surface area contributed by atoms with Crippen molar-refractivity contribution in [3.05, 3.63) is 21.4 Å². The molecular formula is C14H22N2O2S. The fraction of sp³-hybridized carbons (Fsp3) is 0.571. The number of aryl methyl sites for hydroxylation is 2. The van der Waals surface area contributed by atoms with E-state index in [-0.39, 0.29) is 17.7 Å². The van der Waals surface area contributed by atoms with Gasteiger partial charge in [-0.15, -0.1) is 11.3 Å². The van der Waals surface area contributed by atoms with Crippen LogP contribution in [-0.2, 0) is 11.2 Å². The van der Waals surface area contributed by atoms with E-state index < -0.39 is 0 Å². The number of hydrogen-bond donors (Lipinski definition) is 2. The maximum absolute atomic E-state index is 11.9. The van der Waals surface area contributed by atoms with Gasteiger partial charge in [-0.2, -0.15) is 0 Å². The molecule has 0 unspecified atom stereocenters. The molecule has 0 aliphatic rings. The van der Waals surface area contributed by atoms with E-state index in [1.165, 1.54) is 21.8 Å². The van der Waals surface area contributed by atoms with Crippen molar-refractivity contribution >= 4 is 23.2 Å². The highest BCUT2D eigenvalue weighted by Gasteiger charge is 2.11. The highest BCUT2D eigenvalue weighted by molar-refractivity contribution is 7.14. The summed E-state index contributed by atoms with van der Waals surface area (Å²) in [5, 5.41) is 5.58. The number of carbonyl (C=O) groups is 2. The molecule has 0 aliphatic heterocycles. The van der Waals surface area contributed by atoms with Crippen LogP contribution in [0, 0.1) is 12.8 Å². The summed E-state index contributed by atoms with van der Waals surface area (Å²) in [6.07, 6.45) is 0.953. The van der Waals surface area contributed by atoms with Gasteiger partial charge >= 0.3 is 0 Å². The quantitative estimate of drug-likeness (QED) is 0.785. The third-order valence-electron chi connectivity index (χ3n) is 2.80. The summed E-state index contributed by atoms with van der Waals surface area (Å²) in [4.78, 5) is 25.2. The lowest BCUT2D eigenvalue weighted by Crippen LogP contribution is -2.36. The molecule has 1 aromatic heterocycles. The maximum Gasteiger partial charge on any atom is 0.261 e. The van der Waals surface area contributed by atoms with Crippen LogP contribution in [0.25, 0.3) is 0 Å². The van der Waals surface area contributed by atoms with Gasteiger partial charge < -0.3 is 10.6 Å². The minimum Gasteiger partial charge on any atom is -0.354 e. The summed E-state index contributed by atoms with van der Waals surface area (Å²) in [5.74, 6) is -0.0798. The van der Waals surface area contributed by atoms with Gasteiger partial charge in [0.15, 0.2) is 0 Å². The third-order valence-corrected chi connectivity index (χ3v) is 4.18. The van der Waals surface area contributed by atoms with E-state index in [1.54, 1.807) is 0 Å². The number of hydrogen-bond acceptors (Lipinski definition) is 3. The van der Waals surface area contributed by atoms with E-state index in [9.17, 15) is 9.59 Å². The third kappa shape index (κ3) is 4.67. The molecule has 106 valence electrons. The first-order valence-electron chi connectivity index (χ1n) is 6.60. The van der Waals surface area contributed by atoms with E-state index in [0.717, 1.165) is 11.3 Å². The SMILES string of the molecule is CCc1sc(C(=O)NCCNC(=O)C(C)C)cc1C. The fourth-order valence-electron chi connectivity index (χ4n) is 1.64. The van der Waals surface area contributed by atoms with Crippen molar-refractivity contribution in [2.45, 2.75) is 34.1 Å². The molecule has 5 heteroatoms. The zero-order valence-corrected chi connectivity index (χ0v) is 12.8.